The zero-order valence-electron chi connectivity index (χ0n) is 14.3. The average molecular weight is 370 g/mol. The smallest absolute Gasteiger partial charge is 0.233 e. The second kappa shape index (κ2) is 6.77. The Morgan fingerprint density at radius 2 is 2.04 bits per heavy atom. The number of hydrogen-bond acceptors (Lipinski definition) is 5. The van der Waals surface area contributed by atoms with Crippen LogP contribution in [0.5, 0.6) is 0 Å². The van der Waals surface area contributed by atoms with Gasteiger partial charge in [0.15, 0.2) is 0 Å². The number of aryl methyl sites for hydroxylation is 2. The highest BCUT2D eigenvalue weighted by Gasteiger charge is 2.21. The molecule has 0 saturated heterocycles. The van der Waals surface area contributed by atoms with Gasteiger partial charge in [-0.15, -0.1) is 11.3 Å². The maximum atomic E-state index is 12.7. The van der Waals surface area contributed by atoms with E-state index in [0.717, 1.165) is 28.2 Å². The van der Waals surface area contributed by atoms with E-state index >= 15 is 0 Å². The van der Waals surface area contributed by atoms with Crippen molar-refractivity contribution in [3.63, 3.8) is 0 Å². The van der Waals surface area contributed by atoms with Crippen LogP contribution in [0.1, 0.15) is 21.6 Å². The standard InChI is InChI=1S/C19H19N3OS2/c1-12-13(2)25-19-17(12)18(20-11-21-19)24-10-16(23)22-8-7-14-5-3-4-6-15(14)9-22/h3-6,11H,7-10H2,1-2H3. The Labute approximate surface area is 155 Å². The molecule has 2 aromatic heterocycles. The summed E-state index contributed by atoms with van der Waals surface area (Å²) in [4.78, 5) is 25.7. The number of nitrogens with zero attached hydrogens (tertiary/aromatic N) is 3. The van der Waals surface area contributed by atoms with Gasteiger partial charge in [-0.3, -0.25) is 4.79 Å². The van der Waals surface area contributed by atoms with Crippen molar-refractivity contribution in [2.75, 3.05) is 12.3 Å². The molecule has 0 fully saturated rings. The summed E-state index contributed by atoms with van der Waals surface area (Å²) < 4.78 is 0. The van der Waals surface area contributed by atoms with Gasteiger partial charge >= 0.3 is 0 Å². The van der Waals surface area contributed by atoms with Crippen molar-refractivity contribution in [3.05, 3.63) is 52.2 Å². The van der Waals surface area contributed by atoms with Crippen molar-refractivity contribution in [2.45, 2.75) is 31.8 Å². The highest BCUT2D eigenvalue weighted by Crippen LogP contribution is 2.34. The van der Waals surface area contributed by atoms with Crippen LogP contribution < -0.4 is 0 Å². The number of fused-ring (bicyclic) bond motifs is 2. The van der Waals surface area contributed by atoms with Gasteiger partial charge in [0.1, 0.15) is 16.2 Å². The van der Waals surface area contributed by atoms with Gasteiger partial charge in [-0.2, -0.15) is 0 Å². The fourth-order valence-corrected chi connectivity index (χ4v) is 5.21. The number of carbonyl (C=O) groups excluding carboxylic acids is 1. The maximum Gasteiger partial charge on any atom is 0.233 e. The predicted molar refractivity (Wildman–Crippen MR) is 103 cm³/mol. The van der Waals surface area contributed by atoms with Gasteiger partial charge in [-0.1, -0.05) is 36.0 Å². The summed E-state index contributed by atoms with van der Waals surface area (Å²) in [5.74, 6) is 0.596. The predicted octanol–water partition coefficient (Wildman–Crippen LogP) is 3.99. The van der Waals surface area contributed by atoms with Crippen LogP contribution in [0.3, 0.4) is 0 Å². The van der Waals surface area contributed by atoms with Gasteiger partial charge in [0.25, 0.3) is 0 Å². The van der Waals surface area contributed by atoms with Crippen LogP contribution in [0.15, 0.2) is 35.6 Å². The lowest BCUT2D eigenvalue weighted by molar-refractivity contribution is -0.129. The van der Waals surface area contributed by atoms with Crippen LogP contribution in [-0.4, -0.2) is 33.1 Å². The minimum absolute atomic E-state index is 0.177. The average Bonchev–Trinajstić information content (AvgIpc) is 2.94. The summed E-state index contributed by atoms with van der Waals surface area (Å²) in [6, 6.07) is 8.39. The third-order valence-electron chi connectivity index (χ3n) is 4.75. The topological polar surface area (TPSA) is 46.1 Å². The molecule has 1 aliphatic heterocycles. The van der Waals surface area contributed by atoms with Gasteiger partial charge in [0, 0.05) is 23.4 Å². The van der Waals surface area contributed by atoms with Crippen LogP contribution >= 0.6 is 23.1 Å². The largest absolute Gasteiger partial charge is 0.337 e. The number of amides is 1. The van der Waals surface area contributed by atoms with E-state index in [1.54, 1.807) is 17.7 Å². The molecule has 0 unspecified atom stereocenters. The molecular weight excluding hydrogens is 350 g/mol. The molecule has 6 heteroatoms. The van der Waals surface area contributed by atoms with E-state index in [4.69, 9.17) is 0 Å². The quantitative estimate of drug-likeness (QED) is 0.517. The van der Waals surface area contributed by atoms with Gasteiger partial charge in [0.05, 0.1) is 5.75 Å². The van der Waals surface area contributed by atoms with Gasteiger partial charge in [-0.25, -0.2) is 9.97 Å². The zero-order chi connectivity index (χ0) is 17.4. The normalized spacial score (nSPS) is 13.9. The van der Waals surface area contributed by atoms with Crippen LogP contribution in [0.4, 0.5) is 0 Å². The molecule has 3 aromatic rings. The third kappa shape index (κ3) is 3.16. The molecule has 4 rings (SSSR count). The fraction of sp³-hybridized carbons (Fsp3) is 0.316. The van der Waals surface area contributed by atoms with Crippen molar-refractivity contribution in [2.24, 2.45) is 0 Å². The number of aromatic nitrogens is 2. The van der Waals surface area contributed by atoms with E-state index in [0.29, 0.717) is 12.3 Å². The summed E-state index contributed by atoms with van der Waals surface area (Å²) in [6.45, 7) is 5.72. The molecule has 1 aliphatic rings. The number of carbonyl (C=O) groups is 1. The Bertz CT molecular complexity index is 951. The Morgan fingerprint density at radius 3 is 2.88 bits per heavy atom. The second-order valence-corrected chi connectivity index (χ2v) is 8.43. The van der Waals surface area contributed by atoms with Crippen molar-refractivity contribution >= 4 is 39.2 Å². The minimum Gasteiger partial charge on any atom is -0.337 e. The van der Waals surface area contributed by atoms with E-state index < -0.39 is 0 Å². The molecule has 0 spiro atoms. The van der Waals surface area contributed by atoms with Gasteiger partial charge in [0.2, 0.25) is 5.91 Å². The lowest BCUT2D eigenvalue weighted by Gasteiger charge is -2.28. The molecule has 4 nitrogen and oxygen atoms in total. The Kier molecular flexibility index (Phi) is 4.48. The molecule has 0 bridgehead atoms. The first-order valence-corrected chi connectivity index (χ1v) is 10.1. The van der Waals surface area contributed by atoms with Gasteiger partial charge < -0.3 is 4.90 Å². The monoisotopic (exact) mass is 369 g/mol. The lowest BCUT2D eigenvalue weighted by atomic mass is 10.00. The van der Waals surface area contributed by atoms with Crippen molar-refractivity contribution in [3.8, 4) is 0 Å². The molecule has 3 heterocycles. The molecular formula is C19H19N3OS2. The third-order valence-corrected chi connectivity index (χ3v) is 6.84. The van der Waals surface area contributed by atoms with Crippen molar-refractivity contribution in [1.82, 2.24) is 14.9 Å². The summed E-state index contributed by atoms with van der Waals surface area (Å²) in [6.07, 6.45) is 2.54. The van der Waals surface area contributed by atoms with E-state index in [1.807, 2.05) is 11.0 Å². The Balaban J connectivity index is 1.48. The number of thiophene rings is 1. The summed E-state index contributed by atoms with van der Waals surface area (Å²) in [5, 5.41) is 2.02. The van der Waals surface area contributed by atoms with Crippen molar-refractivity contribution < 1.29 is 4.79 Å². The second-order valence-electron chi connectivity index (χ2n) is 6.26. The Morgan fingerprint density at radius 1 is 1.24 bits per heavy atom. The summed E-state index contributed by atoms with van der Waals surface area (Å²) in [7, 11) is 0. The molecule has 1 aromatic carbocycles. The lowest BCUT2D eigenvalue weighted by Crippen LogP contribution is -2.37. The van der Waals surface area contributed by atoms with E-state index in [1.165, 1.54) is 33.3 Å². The first-order chi connectivity index (χ1) is 12.1. The number of thioether (sulfide) groups is 1. The van der Waals surface area contributed by atoms with Gasteiger partial charge in [-0.05, 0) is 37.0 Å². The van der Waals surface area contributed by atoms with Crippen LogP contribution in [0, 0.1) is 13.8 Å². The molecule has 25 heavy (non-hydrogen) atoms. The first-order valence-electron chi connectivity index (χ1n) is 8.31. The fourth-order valence-electron chi connectivity index (χ4n) is 3.19. The van der Waals surface area contributed by atoms with Crippen LogP contribution in [0.2, 0.25) is 0 Å². The zero-order valence-corrected chi connectivity index (χ0v) is 15.9. The van der Waals surface area contributed by atoms with E-state index in [2.05, 4.69) is 42.0 Å². The number of rotatable bonds is 3. The first kappa shape index (κ1) is 16.5. The van der Waals surface area contributed by atoms with Crippen molar-refractivity contribution in [1.29, 1.82) is 0 Å². The molecule has 0 aliphatic carbocycles. The molecule has 128 valence electrons. The van der Waals surface area contributed by atoms with E-state index in [9.17, 15) is 4.79 Å². The minimum atomic E-state index is 0.177. The SMILES string of the molecule is Cc1sc2ncnc(SCC(=O)N3CCc4ccccc4C3)c2c1C. The molecule has 0 radical (unpaired) electrons. The number of benzene rings is 1. The molecule has 0 saturated carbocycles. The van der Waals surface area contributed by atoms with E-state index in [-0.39, 0.29) is 5.91 Å². The molecule has 1 amide bonds. The number of hydrogen-bond donors (Lipinski definition) is 0. The summed E-state index contributed by atoms with van der Waals surface area (Å²) >= 11 is 3.21. The molecule has 0 atom stereocenters. The summed E-state index contributed by atoms with van der Waals surface area (Å²) in [5.41, 5.74) is 3.85. The van der Waals surface area contributed by atoms with Crippen LogP contribution in [0.25, 0.3) is 10.2 Å². The maximum absolute atomic E-state index is 12.7. The highest BCUT2D eigenvalue weighted by molar-refractivity contribution is 8.00. The highest BCUT2D eigenvalue weighted by atomic mass is 32.2. The van der Waals surface area contributed by atoms with Crippen LogP contribution in [-0.2, 0) is 17.8 Å². The Hall–Kier alpha value is -1.92. The molecule has 0 N–H and O–H groups in total.